The van der Waals surface area contributed by atoms with E-state index >= 15 is 0 Å². The van der Waals surface area contributed by atoms with Crippen LogP contribution in [0, 0.1) is 0 Å². The molecule has 0 bridgehead atoms. The minimum Gasteiger partial charge on any atom is -0.497 e. The Morgan fingerprint density at radius 3 is 2.50 bits per heavy atom. The zero-order valence-corrected chi connectivity index (χ0v) is 15.6. The van der Waals surface area contributed by atoms with Crippen LogP contribution in [0.5, 0.6) is 5.75 Å². The zero-order chi connectivity index (χ0) is 19.3. The SMILES string of the molecule is COc1cccc(-c2cc(=O)c3c(COCc4ccccc4)cccc3o2)c1. The van der Waals surface area contributed by atoms with Gasteiger partial charge in [0.1, 0.15) is 17.1 Å². The summed E-state index contributed by atoms with van der Waals surface area (Å²) in [4.78, 5) is 12.8. The summed E-state index contributed by atoms with van der Waals surface area (Å²) in [6.07, 6.45) is 0. The Hall–Kier alpha value is -3.37. The fraction of sp³-hybridized carbons (Fsp3) is 0.125. The van der Waals surface area contributed by atoms with Gasteiger partial charge in [0.2, 0.25) is 0 Å². The molecule has 0 atom stereocenters. The van der Waals surface area contributed by atoms with Crippen molar-refractivity contribution in [3.63, 3.8) is 0 Å². The van der Waals surface area contributed by atoms with E-state index in [1.54, 1.807) is 13.2 Å². The Balaban J connectivity index is 1.63. The predicted molar refractivity (Wildman–Crippen MR) is 109 cm³/mol. The van der Waals surface area contributed by atoms with Gasteiger partial charge in [-0.1, -0.05) is 54.6 Å². The van der Waals surface area contributed by atoms with E-state index in [0.29, 0.717) is 35.7 Å². The second kappa shape index (κ2) is 8.11. The summed E-state index contributed by atoms with van der Waals surface area (Å²) in [6, 6.07) is 24.5. The van der Waals surface area contributed by atoms with E-state index in [9.17, 15) is 4.79 Å². The van der Waals surface area contributed by atoms with Crippen LogP contribution in [0.1, 0.15) is 11.1 Å². The Kier molecular flexibility index (Phi) is 5.22. The third kappa shape index (κ3) is 3.82. The van der Waals surface area contributed by atoms with Crippen molar-refractivity contribution < 1.29 is 13.9 Å². The molecule has 1 heterocycles. The number of hydrogen-bond acceptors (Lipinski definition) is 4. The average Bonchev–Trinajstić information content (AvgIpc) is 2.74. The van der Waals surface area contributed by atoms with E-state index in [0.717, 1.165) is 16.7 Å². The average molecular weight is 372 g/mol. The number of ether oxygens (including phenoxy) is 2. The van der Waals surface area contributed by atoms with Crippen molar-refractivity contribution in [3.05, 3.63) is 100 Å². The van der Waals surface area contributed by atoms with Crippen LogP contribution in [0.2, 0.25) is 0 Å². The highest BCUT2D eigenvalue weighted by molar-refractivity contribution is 5.82. The summed E-state index contributed by atoms with van der Waals surface area (Å²) in [5.74, 6) is 1.22. The van der Waals surface area contributed by atoms with Crippen LogP contribution >= 0.6 is 0 Å². The first-order chi connectivity index (χ1) is 13.7. The standard InChI is InChI=1S/C24H20O4/c1-26-20-11-5-9-18(13-20)23-14-21(25)24-19(10-6-12-22(24)28-23)16-27-15-17-7-3-2-4-8-17/h2-14H,15-16H2,1H3. The zero-order valence-electron chi connectivity index (χ0n) is 15.6. The molecule has 0 aliphatic heterocycles. The van der Waals surface area contributed by atoms with Crippen LogP contribution in [0.3, 0.4) is 0 Å². The molecule has 0 N–H and O–H groups in total. The predicted octanol–water partition coefficient (Wildman–Crippen LogP) is 5.19. The van der Waals surface area contributed by atoms with Gasteiger partial charge >= 0.3 is 0 Å². The lowest BCUT2D eigenvalue weighted by Gasteiger charge is -2.09. The van der Waals surface area contributed by atoms with Crippen molar-refractivity contribution >= 4 is 11.0 Å². The molecule has 140 valence electrons. The Labute approximate surface area is 163 Å². The molecule has 0 aliphatic carbocycles. The van der Waals surface area contributed by atoms with Crippen molar-refractivity contribution in [2.24, 2.45) is 0 Å². The lowest BCUT2D eigenvalue weighted by molar-refractivity contribution is 0.108. The van der Waals surface area contributed by atoms with Gasteiger partial charge in [-0.2, -0.15) is 0 Å². The lowest BCUT2D eigenvalue weighted by Crippen LogP contribution is -2.05. The molecule has 28 heavy (non-hydrogen) atoms. The third-order valence-electron chi connectivity index (χ3n) is 4.56. The molecule has 3 aromatic carbocycles. The Bertz CT molecular complexity index is 1150. The van der Waals surface area contributed by atoms with Gasteiger partial charge in [-0.25, -0.2) is 0 Å². The second-order valence-electron chi connectivity index (χ2n) is 6.48. The molecule has 0 amide bonds. The van der Waals surface area contributed by atoms with E-state index < -0.39 is 0 Å². The van der Waals surface area contributed by atoms with Crippen LogP contribution in [-0.4, -0.2) is 7.11 Å². The molecule has 0 spiro atoms. The molecule has 0 radical (unpaired) electrons. The fourth-order valence-corrected chi connectivity index (χ4v) is 3.17. The van der Waals surface area contributed by atoms with Gasteiger partial charge in [0.15, 0.2) is 5.43 Å². The number of hydrogen-bond donors (Lipinski definition) is 0. The third-order valence-corrected chi connectivity index (χ3v) is 4.56. The molecule has 0 saturated carbocycles. The molecule has 4 rings (SSSR count). The topological polar surface area (TPSA) is 48.7 Å². The van der Waals surface area contributed by atoms with Crippen molar-refractivity contribution in [2.45, 2.75) is 13.2 Å². The van der Waals surface area contributed by atoms with Crippen LogP contribution in [0.15, 0.2) is 88.1 Å². The van der Waals surface area contributed by atoms with E-state index in [1.165, 1.54) is 6.07 Å². The number of rotatable bonds is 6. The van der Waals surface area contributed by atoms with Crippen LogP contribution in [-0.2, 0) is 18.0 Å². The van der Waals surface area contributed by atoms with Gasteiger partial charge in [0.05, 0.1) is 25.7 Å². The minimum absolute atomic E-state index is 0.0852. The summed E-state index contributed by atoms with van der Waals surface area (Å²) < 4.78 is 17.1. The highest BCUT2D eigenvalue weighted by atomic mass is 16.5. The van der Waals surface area contributed by atoms with E-state index in [4.69, 9.17) is 13.9 Å². The monoisotopic (exact) mass is 372 g/mol. The smallest absolute Gasteiger partial charge is 0.193 e. The number of benzene rings is 3. The van der Waals surface area contributed by atoms with E-state index in [-0.39, 0.29) is 5.43 Å². The molecule has 0 aliphatic rings. The molecule has 1 aromatic heterocycles. The molecule has 0 unspecified atom stereocenters. The molecule has 0 saturated heterocycles. The van der Waals surface area contributed by atoms with Crippen molar-refractivity contribution in [1.82, 2.24) is 0 Å². The minimum atomic E-state index is -0.0852. The van der Waals surface area contributed by atoms with Gasteiger partial charge in [-0.3, -0.25) is 4.79 Å². The highest BCUT2D eigenvalue weighted by Gasteiger charge is 2.11. The summed E-state index contributed by atoms with van der Waals surface area (Å²) >= 11 is 0. The fourth-order valence-electron chi connectivity index (χ4n) is 3.17. The normalized spacial score (nSPS) is 10.9. The number of fused-ring (bicyclic) bond motifs is 1. The summed E-state index contributed by atoms with van der Waals surface area (Å²) in [6.45, 7) is 0.833. The summed E-state index contributed by atoms with van der Waals surface area (Å²) in [7, 11) is 1.61. The van der Waals surface area contributed by atoms with Crippen LogP contribution in [0.4, 0.5) is 0 Å². The van der Waals surface area contributed by atoms with Gasteiger partial charge in [0.25, 0.3) is 0 Å². The Morgan fingerprint density at radius 1 is 0.857 bits per heavy atom. The van der Waals surface area contributed by atoms with Gasteiger partial charge in [-0.15, -0.1) is 0 Å². The first-order valence-corrected chi connectivity index (χ1v) is 9.06. The highest BCUT2D eigenvalue weighted by Crippen LogP contribution is 2.26. The molecule has 4 heteroatoms. The summed E-state index contributed by atoms with van der Waals surface area (Å²) in [5, 5.41) is 0.558. The van der Waals surface area contributed by atoms with Crippen LogP contribution in [0.25, 0.3) is 22.3 Å². The molecule has 4 aromatic rings. The Morgan fingerprint density at radius 2 is 1.68 bits per heavy atom. The molecule has 0 fully saturated rings. The molecule has 4 nitrogen and oxygen atoms in total. The molecular weight excluding hydrogens is 352 g/mol. The van der Waals surface area contributed by atoms with Crippen molar-refractivity contribution in [3.8, 4) is 17.1 Å². The van der Waals surface area contributed by atoms with Crippen LogP contribution < -0.4 is 10.2 Å². The van der Waals surface area contributed by atoms with Crippen molar-refractivity contribution in [1.29, 1.82) is 0 Å². The maximum atomic E-state index is 12.8. The first kappa shape index (κ1) is 18.0. The molecular formula is C24H20O4. The second-order valence-corrected chi connectivity index (χ2v) is 6.48. The van der Waals surface area contributed by atoms with Crippen molar-refractivity contribution in [2.75, 3.05) is 7.11 Å². The largest absolute Gasteiger partial charge is 0.497 e. The maximum absolute atomic E-state index is 12.8. The first-order valence-electron chi connectivity index (χ1n) is 9.06. The van der Waals surface area contributed by atoms with Gasteiger partial charge in [-0.05, 0) is 29.3 Å². The lowest BCUT2D eigenvalue weighted by atomic mass is 10.1. The van der Waals surface area contributed by atoms with E-state index in [1.807, 2.05) is 66.7 Å². The summed E-state index contributed by atoms with van der Waals surface area (Å²) in [5.41, 5.74) is 3.17. The quantitative estimate of drug-likeness (QED) is 0.468. The maximum Gasteiger partial charge on any atom is 0.193 e. The number of methoxy groups -OCH3 is 1. The van der Waals surface area contributed by atoms with Gasteiger partial charge in [0, 0.05) is 11.6 Å². The van der Waals surface area contributed by atoms with Gasteiger partial charge < -0.3 is 13.9 Å². The van der Waals surface area contributed by atoms with E-state index in [2.05, 4.69) is 0 Å².